The topological polar surface area (TPSA) is 135 Å². The Kier molecular flexibility index (Phi) is 7.50. The minimum atomic E-state index is -1.17. The molecule has 1 aromatic carbocycles. The maximum Gasteiger partial charge on any atom is 0.352 e. The van der Waals surface area contributed by atoms with Gasteiger partial charge in [-0.3, -0.25) is 14.5 Å². The predicted octanol–water partition coefficient (Wildman–Crippen LogP) is 3.78. The Morgan fingerprint density at radius 3 is 2.74 bits per heavy atom. The van der Waals surface area contributed by atoms with Gasteiger partial charge in [-0.25, -0.2) is 4.79 Å². The predicted molar refractivity (Wildman–Crippen MR) is 143 cm³/mol. The number of fused-ring (bicyclic) bond motifs is 1. The fraction of sp³-hybridized carbons (Fsp3) is 0.320. The molecule has 0 bridgehead atoms. The van der Waals surface area contributed by atoms with Gasteiger partial charge in [0.2, 0.25) is 0 Å². The van der Waals surface area contributed by atoms with Crippen LogP contribution in [0.5, 0.6) is 5.75 Å². The van der Waals surface area contributed by atoms with Crippen LogP contribution in [0.15, 0.2) is 50.4 Å². The molecule has 2 N–H and O–H groups in total. The van der Waals surface area contributed by atoms with Crippen LogP contribution in [0.4, 0.5) is 0 Å². The number of carbonyl (C=O) groups is 3. The molecule has 3 aromatic rings. The Morgan fingerprint density at radius 2 is 2.03 bits per heavy atom. The lowest BCUT2D eigenvalue weighted by Crippen LogP contribution is -2.70. The third kappa shape index (κ3) is 5.31. The summed E-state index contributed by atoms with van der Waals surface area (Å²) in [6.45, 7) is 6.02. The number of carboxylic acid groups (broad SMARTS) is 1. The van der Waals surface area contributed by atoms with E-state index >= 15 is 0 Å². The molecule has 10 nitrogen and oxygen atoms in total. The Balaban J connectivity index is 1.20. The van der Waals surface area contributed by atoms with Gasteiger partial charge in [0.15, 0.2) is 10.1 Å². The number of carboxylic acids is 1. The molecule has 1 fully saturated rings. The second-order valence-electron chi connectivity index (χ2n) is 8.79. The van der Waals surface area contributed by atoms with Crippen LogP contribution in [-0.2, 0) is 16.2 Å². The van der Waals surface area contributed by atoms with Gasteiger partial charge in [-0.05, 0) is 61.7 Å². The molecule has 38 heavy (non-hydrogen) atoms. The summed E-state index contributed by atoms with van der Waals surface area (Å²) in [5.74, 6) is -0.160. The van der Waals surface area contributed by atoms with Gasteiger partial charge in [0.05, 0.1) is 0 Å². The minimum Gasteiger partial charge on any atom is -0.486 e. The van der Waals surface area contributed by atoms with Crippen LogP contribution in [0, 0.1) is 20.8 Å². The highest BCUT2D eigenvalue weighted by Crippen LogP contribution is 2.42. The molecule has 5 rings (SSSR count). The molecule has 0 spiro atoms. The number of thioether (sulfide) groups is 2. The van der Waals surface area contributed by atoms with E-state index in [0.29, 0.717) is 28.6 Å². The normalized spacial score (nSPS) is 18.7. The van der Waals surface area contributed by atoms with E-state index in [2.05, 4.69) is 15.5 Å². The van der Waals surface area contributed by atoms with E-state index in [9.17, 15) is 19.5 Å². The van der Waals surface area contributed by atoms with Crippen LogP contribution in [0.3, 0.4) is 0 Å². The maximum absolute atomic E-state index is 12.9. The Bertz CT molecular complexity index is 1450. The maximum atomic E-state index is 12.9. The number of aliphatic carboxylic acids is 1. The first kappa shape index (κ1) is 26.3. The third-order valence-corrected chi connectivity index (χ3v) is 9.56. The summed E-state index contributed by atoms with van der Waals surface area (Å²) in [6, 6.07) is 8.10. The molecule has 2 atom stereocenters. The van der Waals surface area contributed by atoms with Crippen LogP contribution >= 0.6 is 34.9 Å². The van der Waals surface area contributed by atoms with Crippen molar-refractivity contribution < 1.29 is 28.6 Å². The second kappa shape index (κ2) is 10.8. The molecule has 0 aliphatic carbocycles. The van der Waals surface area contributed by atoms with E-state index < -0.39 is 29.2 Å². The zero-order chi connectivity index (χ0) is 27.0. The molecule has 2 aliphatic heterocycles. The van der Waals surface area contributed by atoms with Crippen molar-refractivity contribution in [2.75, 3.05) is 11.5 Å². The number of nitrogens with zero attached hydrogens (tertiary/aromatic N) is 3. The molecule has 0 radical (unpaired) electrons. The van der Waals surface area contributed by atoms with Crippen molar-refractivity contribution in [1.82, 2.24) is 20.4 Å². The quantitative estimate of drug-likeness (QED) is 0.288. The van der Waals surface area contributed by atoms with Crippen LogP contribution in [0.25, 0.3) is 0 Å². The van der Waals surface area contributed by atoms with Gasteiger partial charge in [-0.1, -0.05) is 29.2 Å². The first-order valence-electron chi connectivity index (χ1n) is 11.6. The highest BCUT2D eigenvalue weighted by Gasteiger charge is 2.54. The second-order valence-corrected chi connectivity index (χ2v) is 12.3. The number of carbonyl (C=O) groups excluding carboxylic acids is 2. The molecule has 198 valence electrons. The molecular formula is C25H24N4O6S3. The summed E-state index contributed by atoms with van der Waals surface area (Å²) in [7, 11) is 0. The number of nitrogens with one attached hydrogen (secondary N) is 1. The van der Waals surface area contributed by atoms with Crippen molar-refractivity contribution in [2.45, 2.75) is 43.1 Å². The zero-order valence-electron chi connectivity index (χ0n) is 20.7. The van der Waals surface area contributed by atoms with Crippen LogP contribution in [-0.4, -0.2) is 60.9 Å². The molecule has 4 heterocycles. The molecule has 13 heteroatoms. The summed E-state index contributed by atoms with van der Waals surface area (Å²) in [4.78, 5) is 39.1. The largest absolute Gasteiger partial charge is 0.486 e. The molecule has 2 aromatic heterocycles. The van der Waals surface area contributed by atoms with E-state index in [-0.39, 0.29) is 18.1 Å². The van der Waals surface area contributed by atoms with Crippen molar-refractivity contribution in [3.63, 3.8) is 0 Å². The van der Waals surface area contributed by atoms with Crippen molar-refractivity contribution in [1.29, 1.82) is 0 Å². The minimum absolute atomic E-state index is 0.0261. The molecule has 1 saturated heterocycles. The lowest BCUT2D eigenvalue weighted by atomic mass is 10.0. The zero-order valence-corrected chi connectivity index (χ0v) is 23.2. The summed E-state index contributed by atoms with van der Waals surface area (Å²) in [5, 5.41) is 20.9. The van der Waals surface area contributed by atoms with Gasteiger partial charge in [0, 0.05) is 11.5 Å². The average molecular weight is 573 g/mol. The van der Waals surface area contributed by atoms with Gasteiger partial charge in [-0.2, -0.15) is 0 Å². The van der Waals surface area contributed by atoms with E-state index in [1.54, 1.807) is 6.07 Å². The van der Waals surface area contributed by atoms with Crippen LogP contribution in [0.2, 0.25) is 0 Å². The fourth-order valence-corrected chi connectivity index (χ4v) is 7.33. The van der Waals surface area contributed by atoms with Crippen molar-refractivity contribution in [3.05, 3.63) is 69.3 Å². The van der Waals surface area contributed by atoms with Gasteiger partial charge in [0.1, 0.15) is 40.2 Å². The molecule has 2 amide bonds. The Hall–Kier alpha value is -3.29. The standard InChI is InChI=1S/C25H24N4O6S3/c1-12-4-5-16(8-13(12)2)34-9-17-6-7-18(35-17)21(30)26-19-22(31)29-20(24(32)33)15(10-36-23(19)29)11-37-25-28-27-14(3)38-25/h4-8,19,23H,9-11H2,1-3H3,(H,26,30)(H,32,33)/t19-,23-/m1/s1. The summed E-state index contributed by atoms with van der Waals surface area (Å²) < 4.78 is 12.1. The van der Waals surface area contributed by atoms with Crippen molar-refractivity contribution >= 4 is 52.6 Å². The number of amides is 2. The third-order valence-electron chi connectivity index (χ3n) is 6.16. The first-order chi connectivity index (χ1) is 18.2. The number of aromatic nitrogens is 2. The smallest absolute Gasteiger partial charge is 0.352 e. The van der Waals surface area contributed by atoms with E-state index in [1.165, 1.54) is 51.4 Å². The Morgan fingerprint density at radius 1 is 1.21 bits per heavy atom. The number of aryl methyl sites for hydroxylation is 3. The highest BCUT2D eigenvalue weighted by molar-refractivity contribution is 8.01. The van der Waals surface area contributed by atoms with Crippen LogP contribution in [0.1, 0.15) is 32.4 Å². The molecular weight excluding hydrogens is 548 g/mol. The van der Waals surface area contributed by atoms with Gasteiger partial charge < -0.3 is 19.6 Å². The fourth-order valence-electron chi connectivity index (χ4n) is 4.03. The monoisotopic (exact) mass is 572 g/mol. The SMILES string of the molecule is Cc1nnc(SCC2=C(C(=O)O)N3C(=O)[C@@H](NC(=O)c4ccc(COc5ccc(C)c(C)c5)o4)[C@H]3SC2)s1. The van der Waals surface area contributed by atoms with E-state index in [0.717, 1.165) is 14.9 Å². The lowest BCUT2D eigenvalue weighted by Gasteiger charge is -2.49. The van der Waals surface area contributed by atoms with E-state index in [1.807, 2.05) is 39.0 Å². The number of benzene rings is 1. The molecule has 0 unspecified atom stereocenters. The first-order valence-corrected chi connectivity index (χ1v) is 14.5. The lowest BCUT2D eigenvalue weighted by molar-refractivity contribution is -0.148. The highest BCUT2D eigenvalue weighted by atomic mass is 32.2. The summed E-state index contributed by atoms with van der Waals surface area (Å²) >= 11 is 4.24. The summed E-state index contributed by atoms with van der Waals surface area (Å²) in [5.41, 5.74) is 2.88. The van der Waals surface area contributed by atoms with Gasteiger partial charge >= 0.3 is 5.97 Å². The average Bonchev–Trinajstić information content (AvgIpc) is 3.54. The number of β-lactam (4-membered cyclic amide) rings is 1. The summed E-state index contributed by atoms with van der Waals surface area (Å²) in [6.07, 6.45) is 0. The number of hydrogen-bond donors (Lipinski definition) is 2. The number of rotatable bonds is 9. The van der Waals surface area contributed by atoms with Crippen molar-refractivity contribution in [3.8, 4) is 5.75 Å². The number of hydrogen-bond acceptors (Lipinski definition) is 10. The number of ether oxygens (including phenoxy) is 1. The van der Waals surface area contributed by atoms with Crippen LogP contribution < -0.4 is 10.1 Å². The molecule has 2 aliphatic rings. The Labute approximate surface area is 230 Å². The van der Waals surface area contributed by atoms with Gasteiger partial charge in [0.25, 0.3) is 11.8 Å². The van der Waals surface area contributed by atoms with Gasteiger partial charge in [-0.15, -0.1) is 22.0 Å². The number of furan rings is 1. The molecule has 0 saturated carbocycles. The van der Waals surface area contributed by atoms with Crippen molar-refractivity contribution in [2.24, 2.45) is 0 Å². The van der Waals surface area contributed by atoms with E-state index in [4.69, 9.17) is 9.15 Å².